The largest absolute Gasteiger partial charge is 0.419 e. The maximum Gasteiger partial charge on any atom is 0.419 e. The molecule has 2 amide bonds. The molecule has 1 fully saturated rings. The molecule has 5 heterocycles. The Balaban J connectivity index is 1.32. The van der Waals surface area contributed by atoms with Crippen LogP contribution in [0, 0.1) is 11.3 Å². The molecule has 1 unspecified atom stereocenters. The molecular formula is C24H23F3N8O. The Morgan fingerprint density at radius 3 is 2.69 bits per heavy atom. The van der Waals surface area contributed by atoms with Crippen molar-refractivity contribution in [2.45, 2.75) is 43.9 Å². The molecule has 3 N–H and O–H groups in total. The Morgan fingerprint density at radius 1 is 1.22 bits per heavy atom. The van der Waals surface area contributed by atoms with Crippen LogP contribution in [0.1, 0.15) is 48.3 Å². The van der Waals surface area contributed by atoms with E-state index in [1.807, 2.05) is 17.7 Å². The molecule has 5 rings (SSSR count). The summed E-state index contributed by atoms with van der Waals surface area (Å²) >= 11 is 0. The number of anilines is 1. The Labute approximate surface area is 204 Å². The van der Waals surface area contributed by atoms with Crippen LogP contribution in [0.4, 0.5) is 23.8 Å². The fourth-order valence-electron chi connectivity index (χ4n) is 4.99. The van der Waals surface area contributed by atoms with Crippen molar-refractivity contribution < 1.29 is 18.0 Å². The lowest BCUT2D eigenvalue weighted by molar-refractivity contribution is -0.137. The standard InChI is InChI=1S/C24H23F3N8O/c1-14(15-2-3-17(10-28)30-11-15)32-22(36)34-6-4-23(13-34)5-7-35-20(23)9-19(33-35)16-8-18(24(25,26)27)21(29)31-12-16/h2-3,8-9,11-12,14H,4-7,13H2,1H3,(H2,29,31)(H,32,36)/t14-,23?/m1/s1. The fraction of sp³-hybridized carbons (Fsp3) is 0.375. The van der Waals surface area contributed by atoms with Gasteiger partial charge in [-0.2, -0.15) is 23.5 Å². The van der Waals surface area contributed by atoms with Gasteiger partial charge in [0.25, 0.3) is 0 Å². The molecule has 0 radical (unpaired) electrons. The normalized spacial score (nSPS) is 19.8. The number of nitrogens with zero attached hydrogens (tertiary/aromatic N) is 6. The zero-order valence-electron chi connectivity index (χ0n) is 19.4. The van der Waals surface area contributed by atoms with Gasteiger partial charge in [0, 0.05) is 48.7 Å². The number of likely N-dealkylation sites (tertiary alicyclic amines) is 1. The second-order valence-corrected chi connectivity index (χ2v) is 9.25. The minimum Gasteiger partial charge on any atom is -0.383 e. The molecule has 3 aromatic heterocycles. The van der Waals surface area contributed by atoms with Crippen LogP contribution in [-0.2, 0) is 18.1 Å². The van der Waals surface area contributed by atoms with E-state index in [0.717, 1.165) is 30.2 Å². The summed E-state index contributed by atoms with van der Waals surface area (Å²) in [6, 6.07) is 7.60. The third-order valence-electron chi connectivity index (χ3n) is 7.03. The first-order valence-electron chi connectivity index (χ1n) is 11.4. The molecule has 0 aromatic carbocycles. The van der Waals surface area contributed by atoms with Gasteiger partial charge in [-0.05, 0) is 43.5 Å². The summed E-state index contributed by atoms with van der Waals surface area (Å²) in [5, 5.41) is 16.4. The monoisotopic (exact) mass is 496 g/mol. The molecule has 1 spiro atoms. The first-order valence-corrected chi connectivity index (χ1v) is 11.4. The Kier molecular flexibility index (Phi) is 5.58. The number of nitrogens with one attached hydrogen (secondary N) is 1. The number of nitrogen functional groups attached to an aromatic ring is 1. The molecule has 0 bridgehead atoms. The quantitative estimate of drug-likeness (QED) is 0.570. The van der Waals surface area contributed by atoms with E-state index in [1.54, 1.807) is 29.3 Å². The first-order chi connectivity index (χ1) is 17.1. The summed E-state index contributed by atoms with van der Waals surface area (Å²) in [4.78, 5) is 22.5. The number of alkyl halides is 3. The van der Waals surface area contributed by atoms with Gasteiger partial charge in [0.2, 0.25) is 0 Å². The highest BCUT2D eigenvalue weighted by molar-refractivity contribution is 5.75. The number of pyridine rings is 2. The molecule has 2 atom stereocenters. The van der Waals surface area contributed by atoms with E-state index in [0.29, 0.717) is 31.0 Å². The van der Waals surface area contributed by atoms with Crippen molar-refractivity contribution in [1.29, 1.82) is 5.26 Å². The van der Waals surface area contributed by atoms with Gasteiger partial charge >= 0.3 is 12.2 Å². The van der Waals surface area contributed by atoms with Gasteiger partial charge in [0.15, 0.2) is 0 Å². The second kappa shape index (κ2) is 8.51. The summed E-state index contributed by atoms with van der Waals surface area (Å²) in [6.45, 7) is 3.49. The number of aromatic nitrogens is 4. The minimum absolute atomic E-state index is 0.209. The van der Waals surface area contributed by atoms with Gasteiger partial charge in [-0.25, -0.2) is 14.8 Å². The van der Waals surface area contributed by atoms with E-state index in [2.05, 4.69) is 20.4 Å². The van der Waals surface area contributed by atoms with Crippen molar-refractivity contribution >= 4 is 11.8 Å². The molecule has 186 valence electrons. The maximum absolute atomic E-state index is 13.3. The Hall–Kier alpha value is -4.14. The lowest BCUT2D eigenvalue weighted by Gasteiger charge is -2.25. The van der Waals surface area contributed by atoms with Crippen LogP contribution in [0.15, 0.2) is 36.7 Å². The number of hydrogen-bond donors (Lipinski definition) is 2. The minimum atomic E-state index is -4.61. The predicted octanol–water partition coefficient (Wildman–Crippen LogP) is 3.63. The Bertz CT molecular complexity index is 1360. The summed E-state index contributed by atoms with van der Waals surface area (Å²) < 4.78 is 41.7. The molecule has 2 aliphatic rings. The third-order valence-corrected chi connectivity index (χ3v) is 7.03. The van der Waals surface area contributed by atoms with Crippen molar-refractivity contribution in [3.05, 3.63) is 59.2 Å². The van der Waals surface area contributed by atoms with Gasteiger partial charge in [0.05, 0.1) is 17.3 Å². The molecule has 1 saturated heterocycles. The molecule has 9 nitrogen and oxygen atoms in total. The summed E-state index contributed by atoms with van der Waals surface area (Å²) in [5.41, 5.74) is 6.77. The number of nitriles is 1. The summed E-state index contributed by atoms with van der Waals surface area (Å²) in [5.74, 6) is -0.571. The van der Waals surface area contributed by atoms with Crippen molar-refractivity contribution in [3.63, 3.8) is 0 Å². The highest BCUT2D eigenvalue weighted by Crippen LogP contribution is 2.44. The van der Waals surface area contributed by atoms with Gasteiger partial charge in [0.1, 0.15) is 17.6 Å². The topological polar surface area (TPSA) is 126 Å². The van der Waals surface area contributed by atoms with E-state index < -0.39 is 17.6 Å². The van der Waals surface area contributed by atoms with Crippen molar-refractivity contribution in [2.75, 3.05) is 18.8 Å². The second-order valence-electron chi connectivity index (χ2n) is 9.25. The van der Waals surface area contributed by atoms with Gasteiger partial charge in [-0.1, -0.05) is 6.07 Å². The number of aryl methyl sites for hydroxylation is 1. The number of hydrogen-bond acceptors (Lipinski definition) is 6. The van der Waals surface area contributed by atoms with Crippen molar-refractivity contribution in [1.82, 2.24) is 30.0 Å². The first kappa shape index (κ1) is 23.6. The van der Waals surface area contributed by atoms with Crippen LogP contribution in [0.25, 0.3) is 11.3 Å². The van der Waals surface area contributed by atoms with E-state index in [-0.39, 0.29) is 23.1 Å². The van der Waals surface area contributed by atoms with Crippen LogP contribution in [-0.4, -0.2) is 43.8 Å². The fourth-order valence-corrected chi connectivity index (χ4v) is 4.99. The van der Waals surface area contributed by atoms with Crippen LogP contribution < -0.4 is 11.1 Å². The maximum atomic E-state index is 13.3. The van der Waals surface area contributed by atoms with E-state index in [9.17, 15) is 18.0 Å². The molecule has 2 aliphatic heterocycles. The molecule has 0 saturated carbocycles. The summed E-state index contributed by atoms with van der Waals surface area (Å²) in [6.07, 6.45) is -0.221. The average molecular weight is 496 g/mol. The predicted molar refractivity (Wildman–Crippen MR) is 123 cm³/mol. The number of urea groups is 1. The number of amides is 2. The summed E-state index contributed by atoms with van der Waals surface area (Å²) in [7, 11) is 0. The van der Waals surface area contributed by atoms with Crippen molar-refractivity contribution in [2.24, 2.45) is 0 Å². The number of carbonyl (C=O) groups is 1. The van der Waals surface area contributed by atoms with Crippen LogP contribution in [0.2, 0.25) is 0 Å². The SMILES string of the molecule is C[C@@H](NC(=O)N1CCC2(CCn3nc(-c4cnc(N)c(C(F)(F)F)c4)cc32)C1)c1ccc(C#N)nc1. The molecule has 0 aliphatic carbocycles. The molecular weight excluding hydrogens is 473 g/mol. The average Bonchev–Trinajstić information content (AvgIpc) is 3.55. The van der Waals surface area contributed by atoms with Crippen LogP contribution in [0.3, 0.4) is 0 Å². The lowest BCUT2D eigenvalue weighted by Crippen LogP contribution is -2.41. The number of halogens is 3. The zero-order valence-corrected chi connectivity index (χ0v) is 19.4. The number of fused-ring (bicyclic) bond motifs is 2. The van der Waals surface area contributed by atoms with Crippen LogP contribution in [0.5, 0.6) is 0 Å². The van der Waals surface area contributed by atoms with E-state index in [1.165, 1.54) is 6.20 Å². The smallest absolute Gasteiger partial charge is 0.383 e. The van der Waals surface area contributed by atoms with Gasteiger partial charge in [-0.3, -0.25) is 4.68 Å². The van der Waals surface area contributed by atoms with Crippen LogP contribution >= 0.6 is 0 Å². The highest BCUT2D eigenvalue weighted by atomic mass is 19.4. The highest BCUT2D eigenvalue weighted by Gasteiger charge is 2.47. The van der Waals surface area contributed by atoms with Gasteiger partial charge < -0.3 is 16.0 Å². The van der Waals surface area contributed by atoms with E-state index in [4.69, 9.17) is 11.0 Å². The molecule has 36 heavy (non-hydrogen) atoms. The lowest BCUT2D eigenvalue weighted by atomic mass is 9.82. The van der Waals surface area contributed by atoms with E-state index >= 15 is 0 Å². The van der Waals surface area contributed by atoms with Gasteiger partial charge in [-0.15, -0.1) is 0 Å². The third kappa shape index (κ3) is 4.10. The number of nitrogens with two attached hydrogens (primary N) is 1. The van der Waals surface area contributed by atoms with Crippen molar-refractivity contribution in [3.8, 4) is 17.3 Å². The Morgan fingerprint density at radius 2 is 2.00 bits per heavy atom. The zero-order chi connectivity index (χ0) is 25.7. The molecule has 3 aromatic rings. The number of rotatable bonds is 3. The molecule has 12 heteroatoms. The number of carbonyl (C=O) groups excluding carboxylic acids is 1.